The number of alkyl halides is 6. The van der Waals surface area contributed by atoms with Gasteiger partial charge < -0.3 is 0 Å². The fourth-order valence-corrected chi connectivity index (χ4v) is 2.30. The number of amides is 2. The first-order valence-corrected chi connectivity index (χ1v) is 7.71. The molecule has 0 heterocycles. The van der Waals surface area contributed by atoms with Crippen molar-refractivity contribution in [2.75, 3.05) is 4.90 Å². The average molecular weight is 401 g/mol. The van der Waals surface area contributed by atoms with Gasteiger partial charge in [0.1, 0.15) is 0 Å². The van der Waals surface area contributed by atoms with E-state index < -0.39 is 46.5 Å². The maximum atomic E-state index is 13.0. The number of imide groups is 1. The van der Waals surface area contributed by atoms with Crippen molar-refractivity contribution in [3.63, 3.8) is 0 Å². The van der Waals surface area contributed by atoms with Crippen LogP contribution in [0.3, 0.4) is 0 Å². The molecule has 0 aliphatic carbocycles. The number of hydrogen-bond donors (Lipinski definition) is 0. The van der Waals surface area contributed by atoms with Crippen molar-refractivity contribution in [3.8, 4) is 0 Å². The molecule has 2 rings (SSSR count). The summed E-state index contributed by atoms with van der Waals surface area (Å²) in [4.78, 5) is 25.5. The highest BCUT2D eigenvalue weighted by molar-refractivity contribution is 6.25. The van der Waals surface area contributed by atoms with Crippen molar-refractivity contribution in [1.29, 1.82) is 0 Å². The smallest absolute Gasteiger partial charge is 0.269 e. The molecule has 0 N–H and O–H groups in total. The molecule has 28 heavy (non-hydrogen) atoms. The summed E-state index contributed by atoms with van der Waals surface area (Å²) in [6.07, 6.45) is -9.48. The zero-order valence-corrected chi connectivity index (χ0v) is 14.4. The van der Waals surface area contributed by atoms with Crippen molar-refractivity contribution in [2.24, 2.45) is 0 Å². The molecular weight excluding hydrogens is 388 g/mol. The molecule has 0 aliphatic rings. The maximum Gasteiger partial charge on any atom is 0.416 e. The number of nitrogens with zero attached hydrogens (tertiary/aromatic N) is 1. The standard InChI is InChI=1S/C19H13F6NO2/c1-11(2)16(27)26(15-8-4-7-14(10-15)19(23,24)25)17(28)12-5-3-6-13(9-12)18(20,21)22/h3-10H,1H2,2H3. The summed E-state index contributed by atoms with van der Waals surface area (Å²) in [6.45, 7) is 4.58. The van der Waals surface area contributed by atoms with Crippen molar-refractivity contribution in [1.82, 2.24) is 0 Å². The van der Waals surface area contributed by atoms with Crippen LogP contribution in [0.25, 0.3) is 0 Å². The van der Waals surface area contributed by atoms with Gasteiger partial charge in [0.05, 0.1) is 16.8 Å². The first-order valence-electron chi connectivity index (χ1n) is 7.71. The minimum absolute atomic E-state index is 0.183. The van der Waals surface area contributed by atoms with E-state index in [-0.39, 0.29) is 5.57 Å². The first kappa shape index (κ1) is 21.2. The third-order valence-electron chi connectivity index (χ3n) is 3.64. The molecule has 9 heteroatoms. The Hall–Kier alpha value is -3.10. The minimum atomic E-state index is -4.74. The van der Waals surface area contributed by atoms with E-state index in [1.54, 1.807) is 0 Å². The molecule has 2 amide bonds. The molecule has 0 unspecified atom stereocenters. The molecule has 0 aliphatic heterocycles. The second-order valence-electron chi connectivity index (χ2n) is 5.85. The number of halogens is 6. The number of carbonyl (C=O) groups is 2. The zero-order chi connectivity index (χ0) is 21.3. The predicted octanol–water partition coefficient (Wildman–Crippen LogP) is 5.47. The summed E-state index contributed by atoms with van der Waals surface area (Å²) in [5, 5.41) is 0. The summed E-state index contributed by atoms with van der Waals surface area (Å²) < 4.78 is 77.6. The van der Waals surface area contributed by atoms with Gasteiger partial charge in [-0.2, -0.15) is 26.3 Å². The van der Waals surface area contributed by atoms with Crippen molar-refractivity contribution >= 4 is 17.5 Å². The lowest BCUT2D eigenvalue weighted by Gasteiger charge is -2.22. The molecule has 0 radical (unpaired) electrons. The van der Waals surface area contributed by atoms with E-state index in [2.05, 4.69) is 6.58 Å². The Balaban J connectivity index is 2.58. The third-order valence-corrected chi connectivity index (χ3v) is 3.64. The van der Waals surface area contributed by atoms with Crippen LogP contribution in [0.1, 0.15) is 28.4 Å². The van der Waals surface area contributed by atoms with E-state index in [9.17, 15) is 35.9 Å². The minimum Gasteiger partial charge on any atom is -0.269 e. The lowest BCUT2D eigenvalue weighted by Crippen LogP contribution is -2.37. The Bertz CT molecular complexity index is 931. The van der Waals surface area contributed by atoms with Crippen LogP contribution in [0.5, 0.6) is 0 Å². The van der Waals surface area contributed by atoms with Gasteiger partial charge in [-0.1, -0.05) is 18.7 Å². The Morgan fingerprint density at radius 1 is 0.857 bits per heavy atom. The molecule has 0 saturated carbocycles. The quantitative estimate of drug-likeness (QED) is 0.505. The van der Waals surface area contributed by atoms with E-state index in [4.69, 9.17) is 0 Å². The van der Waals surface area contributed by atoms with Crippen LogP contribution < -0.4 is 4.90 Å². The molecule has 3 nitrogen and oxygen atoms in total. The largest absolute Gasteiger partial charge is 0.416 e. The van der Waals surface area contributed by atoms with Gasteiger partial charge in [0.25, 0.3) is 11.8 Å². The van der Waals surface area contributed by atoms with E-state index in [1.807, 2.05) is 0 Å². The van der Waals surface area contributed by atoms with Crippen molar-refractivity contribution in [3.05, 3.63) is 77.4 Å². The fourth-order valence-electron chi connectivity index (χ4n) is 2.30. The molecule has 0 bridgehead atoms. The van der Waals surface area contributed by atoms with Gasteiger partial charge in [0.2, 0.25) is 0 Å². The van der Waals surface area contributed by atoms with Crippen LogP contribution in [0.2, 0.25) is 0 Å². The fraction of sp³-hybridized carbons (Fsp3) is 0.158. The van der Waals surface area contributed by atoms with Gasteiger partial charge in [0.15, 0.2) is 0 Å². The molecule has 0 fully saturated rings. The van der Waals surface area contributed by atoms with E-state index in [1.165, 1.54) is 6.92 Å². The summed E-state index contributed by atoms with van der Waals surface area (Å²) in [7, 11) is 0. The average Bonchev–Trinajstić information content (AvgIpc) is 2.60. The van der Waals surface area contributed by atoms with Gasteiger partial charge in [-0.25, -0.2) is 4.90 Å². The second-order valence-corrected chi connectivity index (χ2v) is 5.85. The molecule has 0 saturated heterocycles. The number of hydrogen-bond acceptors (Lipinski definition) is 2. The monoisotopic (exact) mass is 401 g/mol. The first-order chi connectivity index (χ1) is 12.8. The van der Waals surface area contributed by atoms with E-state index in [0.717, 1.165) is 36.4 Å². The van der Waals surface area contributed by atoms with Crippen LogP contribution in [0.15, 0.2) is 60.7 Å². The van der Waals surface area contributed by atoms with Gasteiger partial charge in [-0.15, -0.1) is 0 Å². The summed E-state index contributed by atoms with van der Waals surface area (Å²) in [5.41, 5.74) is -3.39. The maximum absolute atomic E-state index is 13.0. The van der Waals surface area contributed by atoms with Crippen LogP contribution in [-0.4, -0.2) is 11.8 Å². The van der Waals surface area contributed by atoms with Gasteiger partial charge >= 0.3 is 12.4 Å². The van der Waals surface area contributed by atoms with Gasteiger partial charge in [-0.3, -0.25) is 9.59 Å². The lowest BCUT2D eigenvalue weighted by molar-refractivity contribution is -0.138. The molecule has 2 aromatic rings. The second kappa shape index (κ2) is 7.49. The number of anilines is 1. The highest BCUT2D eigenvalue weighted by atomic mass is 19.4. The van der Waals surface area contributed by atoms with Crippen LogP contribution in [-0.2, 0) is 17.1 Å². The van der Waals surface area contributed by atoms with Crippen molar-refractivity contribution in [2.45, 2.75) is 19.3 Å². The molecular formula is C19H13F6NO2. The van der Waals surface area contributed by atoms with Crippen molar-refractivity contribution < 1.29 is 35.9 Å². The van der Waals surface area contributed by atoms with Gasteiger partial charge in [0, 0.05) is 11.1 Å². The molecule has 0 spiro atoms. The van der Waals surface area contributed by atoms with Crippen LogP contribution >= 0.6 is 0 Å². The van der Waals surface area contributed by atoms with Crippen LogP contribution in [0, 0.1) is 0 Å². The van der Waals surface area contributed by atoms with Crippen LogP contribution in [0.4, 0.5) is 32.0 Å². The molecule has 2 aromatic carbocycles. The van der Waals surface area contributed by atoms with E-state index in [0.29, 0.717) is 17.0 Å². The zero-order valence-electron chi connectivity index (χ0n) is 14.4. The Kier molecular flexibility index (Phi) is 5.67. The summed E-state index contributed by atoms with van der Waals surface area (Å²) >= 11 is 0. The molecule has 0 aromatic heterocycles. The lowest BCUT2D eigenvalue weighted by atomic mass is 10.1. The normalized spacial score (nSPS) is 11.8. The van der Waals surface area contributed by atoms with Gasteiger partial charge in [-0.05, 0) is 43.3 Å². The Morgan fingerprint density at radius 2 is 1.36 bits per heavy atom. The summed E-state index contributed by atoms with van der Waals surface area (Å²) in [5.74, 6) is -2.25. The number of carbonyl (C=O) groups excluding carboxylic acids is 2. The third kappa shape index (κ3) is 4.59. The topological polar surface area (TPSA) is 37.4 Å². The predicted molar refractivity (Wildman–Crippen MR) is 89.5 cm³/mol. The Labute approximate surface area is 155 Å². The SMILES string of the molecule is C=C(C)C(=O)N(C(=O)c1cccc(C(F)(F)F)c1)c1cccc(C(F)(F)F)c1. The number of benzene rings is 2. The van der Waals surface area contributed by atoms with E-state index >= 15 is 0 Å². The number of rotatable bonds is 3. The highest BCUT2D eigenvalue weighted by Crippen LogP contribution is 2.33. The molecule has 148 valence electrons. The Morgan fingerprint density at radius 3 is 1.86 bits per heavy atom. The summed E-state index contributed by atoms with van der Waals surface area (Å²) in [6, 6.07) is 6.60. The molecule has 0 atom stereocenters. The highest BCUT2D eigenvalue weighted by Gasteiger charge is 2.34.